The van der Waals surface area contributed by atoms with Crippen molar-refractivity contribution in [2.45, 2.75) is 23.2 Å². The topological polar surface area (TPSA) is 91.7 Å². The second-order valence-corrected chi connectivity index (χ2v) is 8.71. The highest BCUT2D eigenvalue weighted by Crippen LogP contribution is 2.34. The van der Waals surface area contributed by atoms with Gasteiger partial charge in [-0.05, 0) is 30.3 Å². The molecule has 0 radical (unpaired) electrons. The highest BCUT2D eigenvalue weighted by atomic mass is 32.2. The summed E-state index contributed by atoms with van der Waals surface area (Å²) in [6.45, 7) is -0.161. The van der Waals surface area contributed by atoms with Crippen LogP contribution >= 0.6 is 0 Å². The monoisotopic (exact) mass is 424 g/mol. The van der Waals surface area contributed by atoms with Crippen LogP contribution in [0.15, 0.2) is 58.5 Å². The van der Waals surface area contributed by atoms with E-state index in [9.17, 15) is 26.4 Å². The number of sulfonamides is 1. The first-order valence-corrected chi connectivity index (χ1v) is 10.1. The third-order valence-electron chi connectivity index (χ3n) is 4.81. The van der Waals surface area contributed by atoms with E-state index in [1.807, 2.05) is 0 Å². The molecule has 1 saturated heterocycles. The van der Waals surface area contributed by atoms with Gasteiger partial charge in [0.2, 0.25) is 10.0 Å². The Bertz CT molecular complexity index is 1100. The number of carbonyl (C=O) groups is 1. The SMILES string of the molecule is O=C1NC2(CCN(S(=O)(=O)c3cccc(C(F)(F)F)c3)C2)N=C1c1ccccn1. The molecule has 2 aliphatic rings. The van der Waals surface area contributed by atoms with Crippen LogP contribution in [-0.4, -0.2) is 48.1 Å². The van der Waals surface area contributed by atoms with Crippen LogP contribution in [0.4, 0.5) is 13.2 Å². The average molecular weight is 424 g/mol. The minimum atomic E-state index is -4.65. The van der Waals surface area contributed by atoms with E-state index in [4.69, 9.17) is 0 Å². The molecule has 2 aromatic rings. The van der Waals surface area contributed by atoms with E-state index in [1.165, 1.54) is 6.20 Å². The second kappa shape index (κ2) is 6.63. The quantitative estimate of drug-likeness (QED) is 0.814. The van der Waals surface area contributed by atoms with Crippen molar-refractivity contribution >= 4 is 21.6 Å². The number of aromatic nitrogens is 1. The molecule has 0 saturated carbocycles. The minimum Gasteiger partial charge on any atom is -0.325 e. The standard InChI is InChI=1S/C18H15F3N4O3S/c19-18(20,21)12-4-3-5-13(10-12)29(27,28)25-9-7-17(11-25)23-15(16(26)24-17)14-6-1-2-8-22-14/h1-6,8,10H,7,9,11H2,(H,24,26). The first-order chi connectivity index (χ1) is 13.6. The number of pyridine rings is 1. The molecule has 1 N–H and O–H groups in total. The van der Waals surface area contributed by atoms with Crippen LogP contribution in [0, 0.1) is 0 Å². The normalized spacial score (nSPS) is 22.7. The van der Waals surface area contributed by atoms with Gasteiger partial charge in [0.05, 0.1) is 22.7 Å². The van der Waals surface area contributed by atoms with E-state index >= 15 is 0 Å². The molecule has 1 fully saturated rings. The van der Waals surface area contributed by atoms with E-state index in [0.717, 1.165) is 22.5 Å². The summed E-state index contributed by atoms with van der Waals surface area (Å²) in [7, 11) is -4.19. The molecule has 1 spiro atoms. The van der Waals surface area contributed by atoms with Crippen molar-refractivity contribution in [3.05, 3.63) is 59.9 Å². The lowest BCUT2D eigenvalue weighted by Crippen LogP contribution is -2.45. The number of hydrogen-bond acceptors (Lipinski definition) is 5. The fourth-order valence-electron chi connectivity index (χ4n) is 3.38. The van der Waals surface area contributed by atoms with E-state index in [0.29, 0.717) is 11.8 Å². The van der Waals surface area contributed by atoms with Crippen molar-refractivity contribution in [2.75, 3.05) is 13.1 Å². The van der Waals surface area contributed by atoms with Gasteiger partial charge in [-0.2, -0.15) is 17.5 Å². The summed E-state index contributed by atoms with van der Waals surface area (Å²) >= 11 is 0. The molecule has 1 aromatic carbocycles. The van der Waals surface area contributed by atoms with E-state index in [2.05, 4.69) is 15.3 Å². The van der Waals surface area contributed by atoms with Crippen molar-refractivity contribution < 1.29 is 26.4 Å². The number of alkyl halides is 3. The fourth-order valence-corrected chi connectivity index (χ4v) is 4.92. The van der Waals surface area contributed by atoms with Crippen LogP contribution in [0.3, 0.4) is 0 Å². The van der Waals surface area contributed by atoms with Crippen LogP contribution in [0.1, 0.15) is 17.7 Å². The molecule has 1 amide bonds. The first kappa shape index (κ1) is 19.5. The number of benzene rings is 1. The summed E-state index contributed by atoms with van der Waals surface area (Å²) in [5.74, 6) is -0.470. The zero-order chi connectivity index (χ0) is 20.9. The average Bonchev–Trinajstić information content (AvgIpc) is 3.25. The van der Waals surface area contributed by atoms with Crippen molar-refractivity contribution in [1.82, 2.24) is 14.6 Å². The van der Waals surface area contributed by atoms with Gasteiger partial charge in [0.25, 0.3) is 5.91 Å². The maximum absolute atomic E-state index is 12.9. The van der Waals surface area contributed by atoms with Gasteiger partial charge in [0, 0.05) is 19.2 Å². The lowest BCUT2D eigenvalue weighted by atomic mass is 10.1. The number of nitrogens with zero attached hydrogens (tertiary/aromatic N) is 3. The largest absolute Gasteiger partial charge is 0.416 e. The summed E-state index contributed by atoms with van der Waals surface area (Å²) in [6.07, 6.45) is -2.94. The third-order valence-corrected chi connectivity index (χ3v) is 6.65. The molecule has 4 rings (SSSR count). The summed E-state index contributed by atoms with van der Waals surface area (Å²) in [6, 6.07) is 8.58. The molecule has 3 heterocycles. The van der Waals surface area contributed by atoms with Gasteiger partial charge in [-0.15, -0.1) is 0 Å². The molecule has 152 valence electrons. The first-order valence-electron chi connectivity index (χ1n) is 8.62. The number of carbonyl (C=O) groups excluding carboxylic acids is 1. The Morgan fingerprint density at radius 3 is 2.62 bits per heavy atom. The third kappa shape index (κ3) is 3.51. The molecule has 1 unspecified atom stereocenters. The molecular formula is C18H15F3N4O3S. The van der Waals surface area contributed by atoms with Gasteiger partial charge in [-0.3, -0.25) is 9.78 Å². The van der Waals surface area contributed by atoms with Gasteiger partial charge in [0.15, 0.2) is 5.71 Å². The summed E-state index contributed by atoms with van der Waals surface area (Å²) in [5, 5.41) is 2.70. The van der Waals surface area contributed by atoms with Crippen LogP contribution in [0.25, 0.3) is 0 Å². The van der Waals surface area contributed by atoms with Gasteiger partial charge in [-0.1, -0.05) is 12.1 Å². The van der Waals surface area contributed by atoms with Gasteiger partial charge in [0.1, 0.15) is 5.66 Å². The Morgan fingerprint density at radius 1 is 1.14 bits per heavy atom. The molecule has 0 aliphatic carbocycles. The summed E-state index contributed by atoms with van der Waals surface area (Å²) in [4.78, 5) is 20.4. The molecule has 2 aliphatic heterocycles. The van der Waals surface area contributed by atoms with E-state index in [1.54, 1.807) is 18.2 Å². The Kier molecular flexibility index (Phi) is 4.46. The Morgan fingerprint density at radius 2 is 1.93 bits per heavy atom. The predicted octanol–water partition coefficient (Wildman–Crippen LogP) is 1.81. The Balaban J connectivity index is 1.62. The summed E-state index contributed by atoms with van der Waals surface area (Å²) in [5.41, 5.74) is -1.74. The predicted molar refractivity (Wildman–Crippen MR) is 96.5 cm³/mol. The van der Waals surface area contributed by atoms with Gasteiger partial charge < -0.3 is 5.32 Å². The van der Waals surface area contributed by atoms with E-state index in [-0.39, 0.29) is 25.2 Å². The van der Waals surface area contributed by atoms with Gasteiger partial charge >= 0.3 is 6.18 Å². The number of nitrogens with one attached hydrogen (secondary N) is 1. The lowest BCUT2D eigenvalue weighted by molar-refractivity contribution is -0.137. The zero-order valence-electron chi connectivity index (χ0n) is 14.8. The van der Waals surface area contributed by atoms with Crippen LogP contribution in [0.5, 0.6) is 0 Å². The molecule has 29 heavy (non-hydrogen) atoms. The second-order valence-electron chi connectivity index (χ2n) is 6.78. The zero-order valence-corrected chi connectivity index (χ0v) is 15.7. The highest BCUT2D eigenvalue weighted by Gasteiger charge is 2.48. The maximum Gasteiger partial charge on any atom is 0.416 e. The Labute approximate surface area is 164 Å². The van der Waals surface area contributed by atoms with Crippen molar-refractivity contribution in [1.29, 1.82) is 0 Å². The van der Waals surface area contributed by atoms with Crippen molar-refractivity contribution in [3.63, 3.8) is 0 Å². The van der Waals surface area contributed by atoms with Crippen LogP contribution < -0.4 is 5.32 Å². The number of aliphatic imine (C=N–C) groups is 1. The maximum atomic E-state index is 12.9. The smallest absolute Gasteiger partial charge is 0.325 e. The number of halogens is 3. The van der Waals surface area contributed by atoms with Crippen molar-refractivity contribution in [2.24, 2.45) is 4.99 Å². The van der Waals surface area contributed by atoms with Crippen molar-refractivity contribution in [3.8, 4) is 0 Å². The Hall–Kier alpha value is -2.79. The van der Waals surface area contributed by atoms with Gasteiger partial charge in [-0.25, -0.2) is 13.4 Å². The van der Waals surface area contributed by atoms with E-state index < -0.39 is 38.2 Å². The number of hydrogen-bond donors (Lipinski definition) is 1. The fraction of sp³-hybridized carbons (Fsp3) is 0.278. The molecule has 1 aromatic heterocycles. The number of rotatable bonds is 3. The molecule has 1 atom stereocenters. The lowest BCUT2D eigenvalue weighted by Gasteiger charge is -2.21. The molecule has 11 heteroatoms. The molecular weight excluding hydrogens is 409 g/mol. The van der Waals surface area contributed by atoms with Crippen LogP contribution in [0.2, 0.25) is 0 Å². The molecule has 7 nitrogen and oxygen atoms in total. The minimum absolute atomic E-state index is 0.0118. The number of amides is 1. The molecule has 0 bridgehead atoms. The highest BCUT2D eigenvalue weighted by molar-refractivity contribution is 7.89. The summed E-state index contributed by atoms with van der Waals surface area (Å²) < 4.78 is 65.6. The van der Waals surface area contributed by atoms with Crippen LogP contribution in [-0.2, 0) is 21.0 Å².